The minimum Gasteiger partial charge on any atom is -0.262 e. The maximum absolute atomic E-state index is 11.9. The molecule has 20 heavy (non-hydrogen) atoms. The third-order valence-electron chi connectivity index (χ3n) is 1.98. The molecule has 0 saturated carbocycles. The quantitative estimate of drug-likeness (QED) is 0.586. The molecular formula is C10H11F5O3S2. The van der Waals surface area contributed by atoms with Crippen LogP contribution in [-0.4, -0.2) is 15.0 Å². The number of rotatable bonds is 5. The van der Waals surface area contributed by atoms with Gasteiger partial charge < -0.3 is 0 Å². The number of hydrogen-bond acceptors (Lipinski definition) is 3. The summed E-state index contributed by atoms with van der Waals surface area (Å²) in [4.78, 5) is -0.274. The van der Waals surface area contributed by atoms with Gasteiger partial charge in [0.1, 0.15) is 0 Å². The summed E-state index contributed by atoms with van der Waals surface area (Å²) >= 11 is 0. The normalized spacial score (nSPS) is 16.9. The fourth-order valence-electron chi connectivity index (χ4n) is 1.12. The van der Waals surface area contributed by atoms with Crippen molar-refractivity contribution < 1.29 is 32.0 Å². The van der Waals surface area contributed by atoms with Gasteiger partial charge in [0, 0.05) is 0 Å². The van der Waals surface area contributed by atoms with E-state index < -0.39 is 32.4 Å². The Morgan fingerprint density at radius 2 is 1.60 bits per heavy atom. The van der Waals surface area contributed by atoms with Crippen LogP contribution >= 0.6 is 10.2 Å². The Morgan fingerprint density at radius 3 is 2.05 bits per heavy atom. The molecule has 0 radical (unpaired) electrons. The van der Waals surface area contributed by atoms with Gasteiger partial charge in [-0.2, -0.15) is 8.42 Å². The summed E-state index contributed by atoms with van der Waals surface area (Å²) in [6, 6.07) is 5.30. The minimum atomic E-state index is -9.69. The lowest BCUT2D eigenvalue weighted by Gasteiger charge is -2.36. The van der Waals surface area contributed by atoms with Crippen LogP contribution in [0.3, 0.4) is 0 Å². The van der Waals surface area contributed by atoms with E-state index in [9.17, 15) is 27.8 Å². The Morgan fingerprint density at radius 1 is 1.10 bits per heavy atom. The summed E-state index contributed by atoms with van der Waals surface area (Å²) in [5.74, 6) is 0. The lowest BCUT2D eigenvalue weighted by molar-refractivity contribution is 0.354. The lowest BCUT2D eigenvalue weighted by Crippen LogP contribution is -2.07. The van der Waals surface area contributed by atoms with Gasteiger partial charge >= 0.3 is 10.2 Å². The standard InChI is InChI=1S/C10H11F5O3S2/c1-9-3-5-10(6-4-9)19(16,17)18-7-2-8-20(11,12,13,14)15/h2-6,8H,7H2,1H3/b8-2+. The predicted octanol–water partition coefficient (Wildman–Crippen LogP) is 4.51. The van der Waals surface area contributed by atoms with Crippen molar-refractivity contribution in [2.45, 2.75) is 11.8 Å². The van der Waals surface area contributed by atoms with Crippen LogP contribution in [0.5, 0.6) is 0 Å². The van der Waals surface area contributed by atoms with Gasteiger partial charge in [-0.25, -0.2) is 0 Å². The Bertz CT molecular complexity index is 617. The molecule has 0 amide bonds. The second kappa shape index (κ2) is 4.43. The molecule has 0 heterocycles. The molecule has 1 rings (SSSR count). The molecule has 0 saturated heterocycles. The fraction of sp³-hybridized carbons (Fsp3) is 0.200. The van der Waals surface area contributed by atoms with Crippen LogP contribution in [-0.2, 0) is 14.3 Å². The number of hydrogen-bond donors (Lipinski definition) is 0. The van der Waals surface area contributed by atoms with Crippen LogP contribution < -0.4 is 0 Å². The molecule has 0 aliphatic rings. The van der Waals surface area contributed by atoms with E-state index in [-0.39, 0.29) is 11.0 Å². The van der Waals surface area contributed by atoms with Crippen LogP contribution in [0.4, 0.5) is 19.4 Å². The van der Waals surface area contributed by atoms with E-state index in [0.717, 1.165) is 5.56 Å². The van der Waals surface area contributed by atoms with E-state index in [1.165, 1.54) is 24.3 Å². The third kappa shape index (κ3) is 6.35. The van der Waals surface area contributed by atoms with Gasteiger partial charge in [-0.1, -0.05) is 37.1 Å². The summed E-state index contributed by atoms with van der Waals surface area (Å²) < 4.78 is 86.8. The Hall–Kier alpha value is -1.13. The van der Waals surface area contributed by atoms with Gasteiger partial charge in [0.2, 0.25) is 0 Å². The van der Waals surface area contributed by atoms with Crippen molar-refractivity contribution in [3.63, 3.8) is 0 Å². The van der Waals surface area contributed by atoms with E-state index in [2.05, 4.69) is 4.18 Å². The molecule has 0 N–H and O–H groups in total. The smallest absolute Gasteiger partial charge is 0.262 e. The molecule has 0 atom stereocenters. The first-order valence-electron chi connectivity index (χ1n) is 5.06. The second-order valence-electron chi connectivity index (χ2n) is 3.95. The van der Waals surface area contributed by atoms with Crippen LogP contribution in [0.1, 0.15) is 5.56 Å². The first-order chi connectivity index (χ1) is 8.68. The number of aryl methyl sites for hydroxylation is 1. The Kier molecular flexibility index (Phi) is 3.75. The fourth-order valence-corrected chi connectivity index (χ4v) is 2.43. The highest BCUT2D eigenvalue weighted by Gasteiger charge is 2.60. The van der Waals surface area contributed by atoms with Gasteiger partial charge in [-0.3, -0.25) is 4.18 Å². The maximum atomic E-state index is 11.9. The molecule has 10 heteroatoms. The van der Waals surface area contributed by atoms with Gasteiger partial charge in [-0.15, -0.1) is 0 Å². The summed E-state index contributed by atoms with van der Waals surface area (Å²) in [7, 11) is -14.0. The average molecular weight is 338 g/mol. The SMILES string of the molecule is Cc1ccc(S(=O)(=O)OC/C=C/S(F)(F)(F)(F)F)cc1. The summed E-state index contributed by atoms with van der Waals surface area (Å²) in [6.07, 6.45) is -0.0761. The van der Waals surface area contributed by atoms with Crippen molar-refractivity contribution in [2.24, 2.45) is 0 Å². The van der Waals surface area contributed by atoms with Crippen LogP contribution in [0.15, 0.2) is 40.6 Å². The first kappa shape index (κ1) is 16.9. The molecule has 3 nitrogen and oxygen atoms in total. The predicted molar refractivity (Wildman–Crippen MR) is 66.6 cm³/mol. The molecule has 1 aromatic rings. The molecule has 0 unspecified atom stereocenters. The van der Waals surface area contributed by atoms with Crippen molar-refractivity contribution in [2.75, 3.05) is 6.61 Å². The van der Waals surface area contributed by atoms with Gasteiger partial charge in [0.15, 0.2) is 0 Å². The maximum Gasteiger partial charge on any atom is 0.304 e. The van der Waals surface area contributed by atoms with Gasteiger partial charge in [-0.05, 0) is 25.1 Å². The summed E-state index contributed by atoms with van der Waals surface area (Å²) in [5.41, 5.74) is 0.768. The monoisotopic (exact) mass is 338 g/mol. The van der Waals surface area contributed by atoms with E-state index in [1.54, 1.807) is 6.92 Å². The Balaban J connectivity index is 2.76. The van der Waals surface area contributed by atoms with E-state index in [1.807, 2.05) is 0 Å². The van der Waals surface area contributed by atoms with E-state index in [0.29, 0.717) is 0 Å². The van der Waals surface area contributed by atoms with Crippen LogP contribution in [0, 0.1) is 6.92 Å². The zero-order valence-electron chi connectivity index (χ0n) is 10.1. The number of halogens is 5. The minimum absolute atomic E-state index is 0.0761. The summed E-state index contributed by atoms with van der Waals surface area (Å²) in [6.45, 7) is 0.566. The molecule has 0 aromatic heterocycles. The van der Waals surface area contributed by atoms with Crippen molar-refractivity contribution in [1.29, 1.82) is 0 Å². The van der Waals surface area contributed by atoms with Crippen LogP contribution in [0.2, 0.25) is 0 Å². The first-order valence-corrected chi connectivity index (χ1v) is 8.49. The summed E-state index contributed by atoms with van der Waals surface area (Å²) in [5, 5.41) is -1.25. The largest absolute Gasteiger partial charge is 0.304 e. The van der Waals surface area contributed by atoms with Crippen molar-refractivity contribution in [1.82, 2.24) is 0 Å². The molecule has 0 spiro atoms. The van der Waals surface area contributed by atoms with Crippen molar-refractivity contribution in [3.05, 3.63) is 41.3 Å². The van der Waals surface area contributed by atoms with E-state index >= 15 is 0 Å². The molecule has 0 bridgehead atoms. The zero-order chi connectivity index (χ0) is 15.7. The molecule has 0 fully saturated rings. The Labute approximate surface area is 112 Å². The highest BCUT2D eigenvalue weighted by atomic mass is 32.5. The second-order valence-corrected chi connectivity index (χ2v) is 7.90. The molecule has 1 aromatic carbocycles. The molecular weight excluding hydrogens is 327 g/mol. The van der Waals surface area contributed by atoms with Gasteiger partial charge in [0.25, 0.3) is 10.1 Å². The highest BCUT2D eigenvalue weighted by Crippen LogP contribution is 2.98. The topological polar surface area (TPSA) is 43.4 Å². The zero-order valence-corrected chi connectivity index (χ0v) is 11.7. The third-order valence-corrected chi connectivity index (χ3v) is 3.99. The molecule has 0 aliphatic carbocycles. The number of benzene rings is 1. The lowest BCUT2D eigenvalue weighted by atomic mass is 10.2. The average Bonchev–Trinajstić information content (AvgIpc) is 2.22. The van der Waals surface area contributed by atoms with E-state index in [4.69, 9.17) is 0 Å². The molecule has 0 aliphatic heterocycles. The van der Waals surface area contributed by atoms with Gasteiger partial charge in [0.05, 0.1) is 16.9 Å². The van der Waals surface area contributed by atoms with Crippen molar-refractivity contribution >= 4 is 20.3 Å². The molecule has 116 valence electrons. The van der Waals surface area contributed by atoms with Crippen LogP contribution in [0.25, 0.3) is 0 Å². The van der Waals surface area contributed by atoms with Crippen molar-refractivity contribution in [3.8, 4) is 0 Å². The highest BCUT2D eigenvalue weighted by molar-refractivity contribution is 8.48.